The molecule has 0 aliphatic rings. The van der Waals surface area contributed by atoms with Gasteiger partial charge in [-0.25, -0.2) is 4.79 Å². The first kappa shape index (κ1) is 13.9. The summed E-state index contributed by atoms with van der Waals surface area (Å²) in [4.78, 5) is 27.9. The van der Waals surface area contributed by atoms with Gasteiger partial charge in [0.1, 0.15) is 6.61 Å². The predicted octanol–water partition coefficient (Wildman–Crippen LogP) is 1.80. The van der Waals surface area contributed by atoms with E-state index in [2.05, 4.69) is 9.97 Å². The van der Waals surface area contributed by atoms with Crippen molar-refractivity contribution in [2.75, 3.05) is 7.11 Å². The molecular formula is C16H14N2O4. The molecule has 0 unspecified atom stereocenters. The first-order valence-electron chi connectivity index (χ1n) is 6.68. The normalized spacial score (nSPS) is 10.6. The van der Waals surface area contributed by atoms with Crippen LogP contribution in [0.3, 0.4) is 0 Å². The van der Waals surface area contributed by atoms with E-state index >= 15 is 0 Å². The van der Waals surface area contributed by atoms with Crippen molar-refractivity contribution in [3.05, 3.63) is 68.9 Å². The van der Waals surface area contributed by atoms with Gasteiger partial charge in [0.2, 0.25) is 0 Å². The van der Waals surface area contributed by atoms with Crippen molar-refractivity contribution in [2.45, 2.75) is 6.61 Å². The van der Waals surface area contributed by atoms with E-state index in [0.717, 1.165) is 5.56 Å². The lowest BCUT2D eigenvalue weighted by molar-refractivity contribution is 0.285. The zero-order valence-corrected chi connectivity index (χ0v) is 11.9. The monoisotopic (exact) mass is 298 g/mol. The van der Waals surface area contributed by atoms with Crippen LogP contribution in [0.4, 0.5) is 0 Å². The van der Waals surface area contributed by atoms with E-state index < -0.39 is 11.2 Å². The van der Waals surface area contributed by atoms with E-state index in [9.17, 15) is 9.59 Å². The fourth-order valence-corrected chi connectivity index (χ4v) is 2.18. The van der Waals surface area contributed by atoms with Crippen LogP contribution in [0.1, 0.15) is 5.56 Å². The molecule has 1 heterocycles. The highest BCUT2D eigenvalue weighted by atomic mass is 16.5. The van der Waals surface area contributed by atoms with Crippen molar-refractivity contribution >= 4 is 10.9 Å². The molecule has 6 heteroatoms. The molecule has 3 rings (SSSR count). The molecule has 0 saturated carbocycles. The number of H-pyrrole nitrogens is 2. The SMILES string of the molecule is COc1cc2[nH]c(=O)[nH]c(=O)c2cc1OCc1ccccc1. The highest BCUT2D eigenvalue weighted by Crippen LogP contribution is 2.30. The number of fused-ring (bicyclic) bond motifs is 1. The Kier molecular flexibility index (Phi) is 3.65. The molecule has 6 nitrogen and oxygen atoms in total. The van der Waals surface area contributed by atoms with Crippen molar-refractivity contribution in [1.29, 1.82) is 0 Å². The molecule has 1 aromatic heterocycles. The second-order valence-corrected chi connectivity index (χ2v) is 4.73. The number of hydrogen-bond donors (Lipinski definition) is 2. The number of benzene rings is 2. The van der Waals surface area contributed by atoms with Crippen LogP contribution in [-0.4, -0.2) is 17.1 Å². The number of hydrogen-bond acceptors (Lipinski definition) is 4. The van der Waals surface area contributed by atoms with Gasteiger partial charge < -0.3 is 14.5 Å². The van der Waals surface area contributed by atoms with Crippen molar-refractivity contribution in [3.8, 4) is 11.5 Å². The van der Waals surface area contributed by atoms with Crippen molar-refractivity contribution in [2.24, 2.45) is 0 Å². The summed E-state index contributed by atoms with van der Waals surface area (Å²) in [6.07, 6.45) is 0. The Morgan fingerprint density at radius 3 is 2.50 bits per heavy atom. The van der Waals surface area contributed by atoms with Gasteiger partial charge in [0.15, 0.2) is 11.5 Å². The van der Waals surface area contributed by atoms with E-state index in [0.29, 0.717) is 29.0 Å². The van der Waals surface area contributed by atoms with Crippen molar-refractivity contribution in [1.82, 2.24) is 9.97 Å². The van der Waals surface area contributed by atoms with Gasteiger partial charge in [-0.2, -0.15) is 0 Å². The quantitative estimate of drug-likeness (QED) is 0.769. The van der Waals surface area contributed by atoms with Crippen LogP contribution in [0.5, 0.6) is 11.5 Å². The summed E-state index contributed by atoms with van der Waals surface area (Å²) in [5.41, 5.74) is 0.376. The lowest BCUT2D eigenvalue weighted by atomic mass is 10.2. The number of methoxy groups -OCH3 is 1. The zero-order chi connectivity index (χ0) is 15.5. The summed E-state index contributed by atoms with van der Waals surface area (Å²) in [5, 5.41) is 0.337. The van der Waals surface area contributed by atoms with E-state index in [1.54, 1.807) is 12.1 Å². The molecule has 0 spiro atoms. The van der Waals surface area contributed by atoms with Crippen LogP contribution in [0, 0.1) is 0 Å². The van der Waals surface area contributed by atoms with Crippen LogP contribution in [-0.2, 0) is 6.61 Å². The Balaban J connectivity index is 2.01. The molecule has 0 radical (unpaired) electrons. The van der Waals surface area contributed by atoms with Gasteiger partial charge in [0.05, 0.1) is 18.0 Å². The standard InChI is InChI=1S/C16H14N2O4/c1-21-13-8-12-11(15(19)18-16(20)17-12)7-14(13)22-9-10-5-3-2-4-6-10/h2-8H,9H2,1H3,(H2,17,18,19,20). The van der Waals surface area contributed by atoms with E-state index in [1.165, 1.54) is 7.11 Å². The molecule has 2 N–H and O–H groups in total. The molecule has 2 aromatic carbocycles. The largest absolute Gasteiger partial charge is 0.493 e. The number of rotatable bonds is 4. The Labute approximate surface area is 125 Å². The summed E-state index contributed by atoms with van der Waals surface area (Å²) in [5.74, 6) is 0.890. The smallest absolute Gasteiger partial charge is 0.326 e. The third-order valence-corrected chi connectivity index (χ3v) is 3.26. The second kappa shape index (κ2) is 5.77. The molecule has 0 aliphatic heterocycles. The molecule has 0 amide bonds. The summed E-state index contributed by atoms with van der Waals surface area (Å²) >= 11 is 0. The van der Waals surface area contributed by atoms with Crippen molar-refractivity contribution < 1.29 is 9.47 Å². The molecule has 0 saturated heterocycles. The predicted molar refractivity (Wildman–Crippen MR) is 82.5 cm³/mol. The number of aromatic amines is 2. The Morgan fingerprint density at radius 1 is 1.00 bits per heavy atom. The Morgan fingerprint density at radius 2 is 1.77 bits per heavy atom. The van der Waals surface area contributed by atoms with Crippen molar-refractivity contribution in [3.63, 3.8) is 0 Å². The maximum atomic E-state index is 11.9. The molecular weight excluding hydrogens is 284 g/mol. The number of aromatic nitrogens is 2. The third-order valence-electron chi connectivity index (χ3n) is 3.26. The lowest BCUT2D eigenvalue weighted by Gasteiger charge is -2.11. The first-order valence-corrected chi connectivity index (χ1v) is 6.68. The summed E-state index contributed by atoms with van der Waals surface area (Å²) in [6.45, 7) is 0.351. The van der Waals surface area contributed by atoms with E-state index in [-0.39, 0.29) is 0 Å². The van der Waals surface area contributed by atoms with Crippen LogP contribution in [0.2, 0.25) is 0 Å². The topological polar surface area (TPSA) is 84.2 Å². The highest BCUT2D eigenvalue weighted by Gasteiger charge is 2.10. The molecule has 22 heavy (non-hydrogen) atoms. The van der Waals surface area contributed by atoms with Crippen LogP contribution in [0.25, 0.3) is 10.9 Å². The number of nitrogens with one attached hydrogen (secondary N) is 2. The minimum Gasteiger partial charge on any atom is -0.493 e. The molecule has 0 bridgehead atoms. The Hall–Kier alpha value is -3.02. The first-order chi connectivity index (χ1) is 10.7. The molecule has 3 aromatic rings. The fraction of sp³-hybridized carbons (Fsp3) is 0.125. The number of ether oxygens (including phenoxy) is 2. The zero-order valence-electron chi connectivity index (χ0n) is 11.9. The third kappa shape index (κ3) is 2.71. The molecule has 112 valence electrons. The van der Waals surface area contributed by atoms with Gasteiger partial charge in [-0.05, 0) is 11.6 Å². The van der Waals surface area contributed by atoms with E-state index in [1.807, 2.05) is 30.3 Å². The van der Waals surface area contributed by atoms with Gasteiger partial charge in [-0.1, -0.05) is 30.3 Å². The maximum absolute atomic E-state index is 11.9. The van der Waals surface area contributed by atoms with Gasteiger partial charge in [0.25, 0.3) is 5.56 Å². The van der Waals surface area contributed by atoms with Gasteiger partial charge in [-0.3, -0.25) is 9.78 Å². The van der Waals surface area contributed by atoms with Gasteiger partial charge in [-0.15, -0.1) is 0 Å². The average molecular weight is 298 g/mol. The summed E-state index contributed by atoms with van der Waals surface area (Å²) in [6, 6.07) is 12.8. The average Bonchev–Trinajstić information content (AvgIpc) is 2.53. The highest BCUT2D eigenvalue weighted by molar-refractivity contribution is 5.81. The summed E-state index contributed by atoms with van der Waals surface area (Å²) in [7, 11) is 1.50. The molecule has 0 aliphatic carbocycles. The summed E-state index contributed by atoms with van der Waals surface area (Å²) < 4.78 is 11.0. The Bertz CT molecular complexity index is 913. The van der Waals surface area contributed by atoms with Crippen LogP contribution < -0.4 is 20.7 Å². The lowest BCUT2D eigenvalue weighted by Crippen LogP contribution is -2.21. The van der Waals surface area contributed by atoms with Crippen LogP contribution in [0.15, 0.2) is 52.1 Å². The minimum absolute atomic E-state index is 0.337. The minimum atomic E-state index is -0.558. The maximum Gasteiger partial charge on any atom is 0.326 e. The van der Waals surface area contributed by atoms with E-state index in [4.69, 9.17) is 9.47 Å². The second-order valence-electron chi connectivity index (χ2n) is 4.73. The molecule has 0 fully saturated rings. The van der Waals surface area contributed by atoms with Gasteiger partial charge in [0, 0.05) is 6.07 Å². The fourth-order valence-electron chi connectivity index (χ4n) is 2.18. The van der Waals surface area contributed by atoms with Crippen LogP contribution >= 0.6 is 0 Å². The van der Waals surface area contributed by atoms with Gasteiger partial charge >= 0.3 is 5.69 Å². The molecule has 0 atom stereocenters.